The van der Waals surface area contributed by atoms with Crippen molar-refractivity contribution in [2.24, 2.45) is 4.99 Å². The fraction of sp³-hybridized carbons (Fsp3) is 0.364. The Kier molecular flexibility index (Phi) is 2.79. The fourth-order valence-electron chi connectivity index (χ4n) is 1.67. The first kappa shape index (κ1) is 9.21. The molecule has 0 aromatic heterocycles. The largest absolute Gasteiger partial charge is 0.378 e. The van der Waals surface area contributed by atoms with E-state index in [4.69, 9.17) is 4.74 Å². The summed E-state index contributed by atoms with van der Waals surface area (Å²) < 4.78 is 5.31. The molecule has 1 heterocycles. The minimum Gasteiger partial charge on any atom is -0.378 e. The number of hydrogen-bond acceptors (Lipinski definition) is 3. The van der Waals surface area contributed by atoms with Gasteiger partial charge in [-0.15, -0.1) is 0 Å². The highest BCUT2D eigenvalue weighted by molar-refractivity contribution is 5.68. The second kappa shape index (κ2) is 4.24. The Morgan fingerprint density at radius 3 is 2.64 bits per heavy atom. The first-order chi connectivity index (χ1) is 6.92. The molecule has 3 heteroatoms. The summed E-state index contributed by atoms with van der Waals surface area (Å²) in [6, 6.07) is 8.07. The van der Waals surface area contributed by atoms with Crippen LogP contribution in [0.5, 0.6) is 0 Å². The molecule has 0 unspecified atom stereocenters. The van der Waals surface area contributed by atoms with Crippen LogP contribution < -0.4 is 4.90 Å². The van der Waals surface area contributed by atoms with Crippen LogP contribution >= 0.6 is 0 Å². The van der Waals surface area contributed by atoms with Gasteiger partial charge in [0.2, 0.25) is 0 Å². The molecular formula is C11H14N2O. The van der Waals surface area contributed by atoms with E-state index < -0.39 is 0 Å². The number of hydrogen-bond donors (Lipinski definition) is 0. The highest BCUT2D eigenvalue weighted by atomic mass is 16.5. The number of morpholine rings is 1. The maximum absolute atomic E-state index is 5.31. The van der Waals surface area contributed by atoms with Crippen molar-refractivity contribution in [3.05, 3.63) is 24.3 Å². The average molecular weight is 190 g/mol. The molecule has 0 aliphatic carbocycles. The summed E-state index contributed by atoms with van der Waals surface area (Å²) in [7, 11) is 0. The quantitative estimate of drug-likeness (QED) is 0.665. The third kappa shape index (κ3) is 1.77. The van der Waals surface area contributed by atoms with E-state index >= 15 is 0 Å². The van der Waals surface area contributed by atoms with Crippen molar-refractivity contribution < 1.29 is 4.74 Å². The molecule has 2 rings (SSSR count). The Bertz CT molecular complexity index is 319. The lowest BCUT2D eigenvalue weighted by atomic mass is 10.2. The van der Waals surface area contributed by atoms with Crippen LogP contribution in [0.25, 0.3) is 0 Å². The molecule has 1 fully saturated rings. The zero-order chi connectivity index (χ0) is 9.80. The van der Waals surface area contributed by atoms with Crippen LogP contribution in [0.3, 0.4) is 0 Å². The van der Waals surface area contributed by atoms with E-state index in [0.29, 0.717) is 0 Å². The first-order valence-corrected chi connectivity index (χ1v) is 4.80. The predicted octanol–water partition coefficient (Wildman–Crippen LogP) is 1.86. The standard InChI is InChI=1S/C11H14N2O/c1-12-10-4-2-3-5-11(10)13-6-8-14-9-7-13/h2-5H,1,6-9H2. The highest BCUT2D eigenvalue weighted by Crippen LogP contribution is 2.28. The van der Waals surface area contributed by atoms with Crippen molar-refractivity contribution in [2.75, 3.05) is 31.2 Å². The molecule has 0 atom stereocenters. The summed E-state index contributed by atoms with van der Waals surface area (Å²) in [5, 5.41) is 0. The maximum atomic E-state index is 5.31. The van der Waals surface area contributed by atoms with Crippen molar-refractivity contribution in [2.45, 2.75) is 0 Å². The van der Waals surface area contributed by atoms with E-state index in [1.165, 1.54) is 0 Å². The van der Waals surface area contributed by atoms with Gasteiger partial charge in [0.25, 0.3) is 0 Å². The minimum absolute atomic E-state index is 0.797. The summed E-state index contributed by atoms with van der Waals surface area (Å²) in [4.78, 5) is 6.30. The molecule has 3 nitrogen and oxygen atoms in total. The van der Waals surface area contributed by atoms with Gasteiger partial charge in [0, 0.05) is 13.1 Å². The third-order valence-electron chi connectivity index (χ3n) is 2.40. The van der Waals surface area contributed by atoms with E-state index in [2.05, 4.69) is 22.7 Å². The molecule has 0 N–H and O–H groups in total. The molecule has 0 spiro atoms. The summed E-state index contributed by atoms with van der Waals surface area (Å²) >= 11 is 0. The molecule has 14 heavy (non-hydrogen) atoms. The molecule has 1 aliphatic heterocycles. The zero-order valence-electron chi connectivity index (χ0n) is 8.15. The smallest absolute Gasteiger partial charge is 0.0855 e. The van der Waals surface area contributed by atoms with Crippen LogP contribution in [-0.4, -0.2) is 33.0 Å². The van der Waals surface area contributed by atoms with Gasteiger partial charge in [0.15, 0.2) is 0 Å². The van der Waals surface area contributed by atoms with Crippen molar-refractivity contribution in [1.29, 1.82) is 0 Å². The number of nitrogens with zero attached hydrogens (tertiary/aromatic N) is 2. The van der Waals surface area contributed by atoms with Crippen LogP contribution in [0.4, 0.5) is 11.4 Å². The Balaban J connectivity index is 2.24. The summed E-state index contributed by atoms with van der Waals surface area (Å²) in [6.07, 6.45) is 0. The topological polar surface area (TPSA) is 24.8 Å². The van der Waals surface area contributed by atoms with Crippen LogP contribution in [0.1, 0.15) is 0 Å². The second-order valence-corrected chi connectivity index (χ2v) is 3.25. The molecule has 74 valence electrons. The number of ether oxygens (including phenoxy) is 1. The summed E-state index contributed by atoms with van der Waals surface area (Å²) in [6.45, 7) is 7.05. The van der Waals surface area contributed by atoms with Crippen LogP contribution in [0.2, 0.25) is 0 Å². The molecule has 1 aromatic rings. The molecule has 0 bridgehead atoms. The maximum Gasteiger partial charge on any atom is 0.0855 e. The van der Waals surface area contributed by atoms with Gasteiger partial charge in [0.05, 0.1) is 24.6 Å². The van der Waals surface area contributed by atoms with Gasteiger partial charge in [-0.2, -0.15) is 0 Å². The number of para-hydroxylation sites is 2. The van der Waals surface area contributed by atoms with Crippen molar-refractivity contribution in [1.82, 2.24) is 0 Å². The van der Waals surface area contributed by atoms with E-state index in [1.54, 1.807) is 0 Å². The monoisotopic (exact) mass is 190 g/mol. The van der Waals surface area contributed by atoms with Gasteiger partial charge in [-0.05, 0) is 18.9 Å². The lowest BCUT2D eigenvalue weighted by molar-refractivity contribution is 0.123. The molecule has 0 radical (unpaired) electrons. The van der Waals surface area contributed by atoms with Gasteiger partial charge < -0.3 is 9.64 Å². The number of anilines is 1. The van der Waals surface area contributed by atoms with Crippen LogP contribution in [0.15, 0.2) is 29.3 Å². The molecule has 1 saturated heterocycles. The predicted molar refractivity (Wildman–Crippen MR) is 58.7 cm³/mol. The van der Waals surface area contributed by atoms with Crippen molar-refractivity contribution >= 4 is 18.1 Å². The molecule has 1 aliphatic rings. The minimum atomic E-state index is 0.797. The van der Waals surface area contributed by atoms with E-state index in [9.17, 15) is 0 Å². The van der Waals surface area contributed by atoms with Gasteiger partial charge >= 0.3 is 0 Å². The van der Waals surface area contributed by atoms with Crippen molar-refractivity contribution in [3.63, 3.8) is 0 Å². The lowest BCUT2D eigenvalue weighted by Crippen LogP contribution is -2.36. The number of aliphatic imine (C=N–C) groups is 1. The van der Waals surface area contributed by atoms with E-state index in [-0.39, 0.29) is 0 Å². The number of rotatable bonds is 2. The lowest BCUT2D eigenvalue weighted by Gasteiger charge is -2.29. The van der Waals surface area contributed by atoms with Gasteiger partial charge in [-0.3, -0.25) is 4.99 Å². The Morgan fingerprint density at radius 2 is 1.93 bits per heavy atom. The highest BCUT2D eigenvalue weighted by Gasteiger charge is 2.13. The van der Waals surface area contributed by atoms with E-state index in [0.717, 1.165) is 37.7 Å². The van der Waals surface area contributed by atoms with Crippen LogP contribution in [0, 0.1) is 0 Å². The second-order valence-electron chi connectivity index (χ2n) is 3.25. The molecule has 1 aromatic carbocycles. The SMILES string of the molecule is C=Nc1ccccc1N1CCOCC1. The first-order valence-electron chi connectivity index (χ1n) is 4.80. The Labute approximate surface area is 84.0 Å². The zero-order valence-corrected chi connectivity index (χ0v) is 8.15. The van der Waals surface area contributed by atoms with Crippen LogP contribution in [-0.2, 0) is 4.74 Å². The van der Waals surface area contributed by atoms with E-state index in [1.807, 2.05) is 18.2 Å². The third-order valence-corrected chi connectivity index (χ3v) is 2.40. The molecule has 0 amide bonds. The van der Waals surface area contributed by atoms with Gasteiger partial charge in [0.1, 0.15) is 0 Å². The fourth-order valence-corrected chi connectivity index (χ4v) is 1.67. The van der Waals surface area contributed by atoms with Gasteiger partial charge in [-0.25, -0.2) is 0 Å². The van der Waals surface area contributed by atoms with Gasteiger partial charge in [-0.1, -0.05) is 12.1 Å². The summed E-state index contributed by atoms with van der Waals surface area (Å²) in [5.74, 6) is 0. The summed E-state index contributed by atoms with van der Waals surface area (Å²) in [5.41, 5.74) is 2.11. The molecular weight excluding hydrogens is 176 g/mol. The molecule has 0 saturated carbocycles. The average Bonchev–Trinajstić information content (AvgIpc) is 2.30. The Hall–Kier alpha value is -1.35. The normalized spacial score (nSPS) is 16.7. The number of benzene rings is 1. The van der Waals surface area contributed by atoms with Crippen molar-refractivity contribution in [3.8, 4) is 0 Å². The Morgan fingerprint density at radius 1 is 1.21 bits per heavy atom.